The zero-order valence-electron chi connectivity index (χ0n) is 11.1. The highest BCUT2D eigenvalue weighted by Gasteiger charge is 2.22. The number of rotatable bonds is 4. The fourth-order valence-corrected chi connectivity index (χ4v) is 2.49. The summed E-state index contributed by atoms with van der Waals surface area (Å²) in [6.07, 6.45) is 2.52. The van der Waals surface area contributed by atoms with Crippen molar-refractivity contribution in [2.75, 3.05) is 6.61 Å². The van der Waals surface area contributed by atoms with E-state index in [-0.39, 0.29) is 0 Å². The van der Waals surface area contributed by atoms with Crippen molar-refractivity contribution in [1.29, 1.82) is 0 Å². The lowest BCUT2D eigenvalue weighted by Crippen LogP contribution is -2.04. The van der Waals surface area contributed by atoms with Gasteiger partial charge >= 0.3 is 5.97 Å². The second kappa shape index (κ2) is 4.30. The monoisotopic (exact) mass is 259 g/mol. The first-order valence-corrected chi connectivity index (χ1v) is 6.52. The number of carbonyl (C=O) groups is 1. The second-order valence-corrected chi connectivity index (χ2v) is 5.33. The van der Waals surface area contributed by atoms with Crippen molar-refractivity contribution in [3.63, 3.8) is 0 Å². The third-order valence-corrected chi connectivity index (χ3v) is 3.69. The molecule has 1 aliphatic rings. The molecule has 1 heterocycles. The highest BCUT2D eigenvalue weighted by Crippen LogP contribution is 2.32. The zero-order chi connectivity index (χ0) is 13.6. The third kappa shape index (κ3) is 2.18. The Kier molecular flexibility index (Phi) is 2.73. The van der Waals surface area contributed by atoms with E-state index in [0.29, 0.717) is 11.6 Å². The molecule has 1 fully saturated rings. The van der Waals surface area contributed by atoms with E-state index in [1.807, 2.05) is 19.1 Å². The molecule has 3 rings (SSSR count). The lowest BCUT2D eigenvalue weighted by atomic mass is 10.1. The molecule has 19 heavy (non-hydrogen) atoms. The Hall–Kier alpha value is -1.97. The minimum Gasteiger partial charge on any atom is -0.493 e. The predicted molar refractivity (Wildman–Crippen MR) is 72.8 cm³/mol. The molecule has 0 radical (unpaired) electrons. The number of aromatic nitrogens is 1. The van der Waals surface area contributed by atoms with Gasteiger partial charge in [0.2, 0.25) is 0 Å². The summed E-state index contributed by atoms with van der Waals surface area (Å²) in [5.41, 5.74) is 2.30. The average Bonchev–Trinajstić information content (AvgIpc) is 3.10. The Labute approximate surface area is 111 Å². The Balaban J connectivity index is 2.01. The molecule has 1 N–H and O–H groups in total. The van der Waals surface area contributed by atoms with Gasteiger partial charge in [-0.2, -0.15) is 0 Å². The quantitative estimate of drug-likeness (QED) is 0.918. The SMILES string of the molecule is Cc1cc(OCC2CC2)cc2cc(C(=O)O)n(C)c12. The third-order valence-electron chi connectivity index (χ3n) is 3.69. The molecule has 1 aromatic carbocycles. The van der Waals surface area contributed by atoms with Crippen LogP contribution in [0.2, 0.25) is 0 Å². The van der Waals surface area contributed by atoms with Gasteiger partial charge in [-0.25, -0.2) is 4.79 Å². The van der Waals surface area contributed by atoms with Gasteiger partial charge in [0.1, 0.15) is 11.4 Å². The molecule has 0 unspecified atom stereocenters. The number of carboxylic acids is 1. The first-order valence-electron chi connectivity index (χ1n) is 6.52. The van der Waals surface area contributed by atoms with Gasteiger partial charge in [0.15, 0.2) is 0 Å². The van der Waals surface area contributed by atoms with Crippen molar-refractivity contribution in [1.82, 2.24) is 4.57 Å². The van der Waals surface area contributed by atoms with Crippen LogP contribution in [0.4, 0.5) is 0 Å². The Morgan fingerprint density at radius 1 is 1.42 bits per heavy atom. The first-order chi connectivity index (χ1) is 9.06. The molecule has 4 heteroatoms. The number of ether oxygens (including phenoxy) is 1. The number of hydrogen-bond donors (Lipinski definition) is 1. The highest BCUT2D eigenvalue weighted by molar-refractivity contribution is 5.96. The Bertz CT molecular complexity index is 653. The molecule has 4 nitrogen and oxygen atoms in total. The first kappa shape index (κ1) is 12.1. The molecular weight excluding hydrogens is 242 g/mol. The van der Waals surface area contributed by atoms with E-state index >= 15 is 0 Å². The number of carboxylic acid groups (broad SMARTS) is 1. The normalized spacial score (nSPS) is 14.8. The molecule has 0 atom stereocenters. The van der Waals surface area contributed by atoms with Gasteiger partial charge in [-0.1, -0.05) is 0 Å². The molecule has 100 valence electrons. The van der Waals surface area contributed by atoms with Crippen LogP contribution in [0, 0.1) is 12.8 Å². The summed E-state index contributed by atoms with van der Waals surface area (Å²) in [6, 6.07) is 5.61. The maximum absolute atomic E-state index is 11.2. The molecule has 0 aliphatic heterocycles. The van der Waals surface area contributed by atoms with E-state index in [1.54, 1.807) is 17.7 Å². The summed E-state index contributed by atoms with van der Waals surface area (Å²) < 4.78 is 7.49. The lowest BCUT2D eigenvalue weighted by molar-refractivity contribution is 0.0687. The number of fused-ring (bicyclic) bond motifs is 1. The molecule has 1 saturated carbocycles. The van der Waals surface area contributed by atoms with Crippen LogP contribution in [0.5, 0.6) is 5.75 Å². The van der Waals surface area contributed by atoms with Crippen LogP contribution < -0.4 is 4.74 Å². The van der Waals surface area contributed by atoms with Gasteiger partial charge in [0.25, 0.3) is 0 Å². The summed E-state index contributed by atoms with van der Waals surface area (Å²) in [5.74, 6) is 0.638. The van der Waals surface area contributed by atoms with Crippen molar-refractivity contribution in [2.45, 2.75) is 19.8 Å². The highest BCUT2D eigenvalue weighted by atomic mass is 16.5. The van der Waals surface area contributed by atoms with Gasteiger partial charge in [-0.15, -0.1) is 0 Å². The molecule has 0 saturated heterocycles. The summed E-state index contributed by atoms with van der Waals surface area (Å²) >= 11 is 0. The molecule has 0 bridgehead atoms. The smallest absolute Gasteiger partial charge is 0.352 e. The second-order valence-electron chi connectivity index (χ2n) is 5.33. The van der Waals surface area contributed by atoms with Gasteiger partial charge in [-0.05, 0) is 49.4 Å². The lowest BCUT2D eigenvalue weighted by Gasteiger charge is -2.08. The van der Waals surface area contributed by atoms with Crippen LogP contribution in [0.15, 0.2) is 18.2 Å². The van der Waals surface area contributed by atoms with E-state index in [0.717, 1.165) is 28.8 Å². The van der Waals surface area contributed by atoms with Crippen LogP contribution >= 0.6 is 0 Å². The molecule has 0 amide bonds. The standard InChI is InChI=1S/C15H17NO3/c1-9-5-12(19-8-10-3-4-10)6-11-7-13(15(17)18)16(2)14(9)11/h5-7,10H,3-4,8H2,1-2H3,(H,17,18). The van der Waals surface area contributed by atoms with Crippen molar-refractivity contribution in [3.8, 4) is 5.75 Å². The Morgan fingerprint density at radius 3 is 2.79 bits per heavy atom. The van der Waals surface area contributed by atoms with Gasteiger partial charge in [0.05, 0.1) is 12.1 Å². The summed E-state index contributed by atoms with van der Waals surface area (Å²) in [7, 11) is 1.78. The minimum atomic E-state index is -0.904. The summed E-state index contributed by atoms with van der Waals surface area (Å²) in [6.45, 7) is 2.75. The van der Waals surface area contributed by atoms with Crippen molar-refractivity contribution in [3.05, 3.63) is 29.5 Å². The molecule has 2 aromatic rings. The van der Waals surface area contributed by atoms with E-state index in [4.69, 9.17) is 9.84 Å². The number of aromatic carboxylic acids is 1. The van der Waals surface area contributed by atoms with E-state index < -0.39 is 5.97 Å². The topological polar surface area (TPSA) is 51.5 Å². The molecule has 0 spiro atoms. The number of nitrogens with zero attached hydrogens (tertiary/aromatic N) is 1. The van der Waals surface area contributed by atoms with Crippen molar-refractivity contribution < 1.29 is 14.6 Å². The van der Waals surface area contributed by atoms with Crippen LogP contribution in [0.1, 0.15) is 28.9 Å². The number of aryl methyl sites for hydroxylation is 2. The van der Waals surface area contributed by atoms with Crippen LogP contribution in [-0.2, 0) is 7.05 Å². The van der Waals surface area contributed by atoms with E-state index in [1.165, 1.54) is 12.8 Å². The van der Waals surface area contributed by atoms with Crippen LogP contribution in [0.25, 0.3) is 10.9 Å². The van der Waals surface area contributed by atoms with E-state index in [2.05, 4.69) is 0 Å². The van der Waals surface area contributed by atoms with Crippen LogP contribution in [0.3, 0.4) is 0 Å². The van der Waals surface area contributed by atoms with Crippen molar-refractivity contribution >= 4 is 16.9 Å². The number of hydrogen-bond acceptors (Lipinski definition) is 2. The molecular formula is C15H17NO3. The number of benzene rings is 1. The van der Waals surface area contributed by atoms with Gasteiger partial charge in [-0.3, -0.25) is 0 Å². The Morgan fingerprint density at radius 2 is 2.16 bits per heavy atom. The fraction of sp³-hybridized carbons (Fsp3) is 0.400. The molecule has 1 aliphatic carbocycles. The average molecular weight is 259 g/mol. The van der Waals surface area contributed by atoms with Gasteiger partial charge in [0, 0.05) is 12.4 Å². The van der Waals surface area contributed by atoms with Crippen LogP contribution in [-0.4, -0.2) is 22.2 Å². The van der Waals surface area contributed by atoms with Gasteiger partial charge < -0.3 is 14.4 Å². The molecule has 1 aromatic heterocycles. The predicted octanol–water partition coefficient (Wildman–Crippen LogP) is 2.97. The summed E-state index contributed by atoms with van der Waals surface area (Å²) in [4.78, 5) is 11.2. The largest absolute Gasteiger partial charge is 0.493 e. The maximum Gasteiger partial charge on any atom is 0.352 e. The maximum atomic E-state index is 11.2. The zero-order valence-corrected chi connectivity index (χ0v) is 11.1. The van der Waals surface area contributed by atoms with E-state index in [9.17, 15) is 4.79 Å². The minimum absolute atomic E-state index is 0.303. The van der Waals surface area contributed by atoms with Crippen molar-refractivity contribution in [2.24, 2.45) is 13.0 Å². The fourth-order valence-electron chi connectivity index (χ4n) is 2.49. The summed E-state index contributed by atoms with van der Waals surface area (Å²) in [5, 5.41) is 10.1.